The molecule has 2 atom stereocenters. The summed E-state index contributed by atoms with van der Waals surface area (Å²) in [4.78, 5) is 7.21. The van der Waals surface area contributed by atoms with Crippen LogP contribution in [0.25, 0.3) is 0 Å². The molecule has 20 heavy (non-hydrogen) atoms. The minimum atomic E-state index is 0.389. The van der Waals surface area contributed by atoms with Gasteiger partial charge in [-0.2, -0.15) is 0 Å². The van der Waals surface area contributed by atoms with Crippen molar-refractivity contribution in [3.63, 3.8) is 0 Å². The lowest BCUT2D eigenvalue weighted by molar-refractivity contribution is 0.446. The van der Waals surface area contributed by atoms with Crippen LogP contribution in [-0.4, -0.2) is 24.1 Å². The minimum absolute atomic E-state index is 0.389. The van der Waals surface area contributed by atoms with Crippen LogP contribution in [0.4, 0.5) is 5.82 Å². The van der Waals surface area contributed by atoms with E-state index in [0.29, 0.717) is 12.1 Å². The van der Waals surface area contributed by atoms with Gasteiger partial charge in [-0.1, -0.05) is 19.9 Å². The number of nitrogens with zero attached hydrogens (tertiary/aromatic N) is 2. The Hall–Kier alpha value is -1.09. The van der Waals surface area contributed by atoms with E-state index in [1.165, 1.54) is 37.7 Å². The first-order valence-electron chi connectivity index (χ1n) is 8.22. The van der Waals surface area contributed by atoms with E-state index in [2.05, 4.69) is 43.1 Å². The maximum Gasteiger partial charge on any atom is 0.128 e. The highest BCUT2D eigenvalue weighted by atomic mass is 15.2. The van der Waals surface area contributed by atoms with Gasteiger partial charge in [0.25, 0.3) is 0 Å². The molecular formula is C17H29N3. The molecule has 1 aromatic rings. The van der Waals surface area contributed by atoms with Gasteiger partial charge in [0.2, 0.25) is 0 Å². The molecule has 0 radical (unpaired) electrons. The van der Waals surface area contributed by atoms with E-state index in [9.17, 15) is 0 Å². The van der Waals surface area contributed by atoms with E-state index in [1.807, 2.05) is 6.20 Å². The molecule has 3 heteroatoms. The standard InChI is InChI=1S/C17H29N3/c1-4-11-18-14(3)15-9-10-17(19-13-15)20-12-7-6-8-16(20)5-2/h9-10,13-14,16,18H,4-8,11-12H2,1-3H3. The molecule has 1 aliphatic rings. The highest BCUT2D eigenvalue weighted by molar-refractivity contribution is 5.41. The number of anilines is 1. The molecule has 0 bridgehead atoms. The van der Waals surface area contributed by atoms with Crippen molar-refractivity contribution < 1.29 is 0 Å². The predicted octanol–water partition coefficient (Wildman–Crippen LogP) is 3.91. The second-order valence-corrected chi connectivity index (χ2v) is 5.88. The van der Waals surface area contributed by atoms with E-state index in [1.54, 1.807) is 0 Å². The van der Waals surface area contributed by atoms with Gasteiger partial charge < -0.3 is 10.2 Å². The molecule has 2 unspecified atom stereocenters. The smallest absolute Gasteiger partial charge is 0.128 e. The van der Waals surface area contributed by atoms with Gasteiger partial charge in [-0.25, -0.2) is 4.98 Å². The van der Waals surface area contributed by atoms with Gasteiger partial charge in [-0.3, -0.25) is 0 Å². The minimum Gasteiger partial charge on any atom is -0.354 e. The molecule has 1 aliphatic heterocycles. The first kappa shape index (κ1) is 15.3. The number of nitrogens with one attached hydrogen (secondary N) is 1. The van der Waals surface area contributed by atoms with Gasteiger partial charge in [0.05, 0.1) is 0 Å². The van der Waals surface area contributed by atoms with Crippen LogP contribution in [0.5, 0.6) is 0 Å². The fourth-order valence-corrected chi connectivity index (χ4v) is 3.03. The Bertz CT molecular complexity index is 388. The maximum absolute atomic E-state index is 4.72. The van der Waals surface area contributed by atoms with Crippen molar-refractivity contribution in [1.82, 2.24) is 10.3 Å². The van der Waals surface area contributed by atoms with Crippen molar-refractivity contribution in [2.24, 2.45) is 0 Å². The van der Waals surface area contributed by atoms with Crippen molar-refractivity contribution >= 4 is 5.82 Å². The third-order valence-corrected chi connectivity index (χ3v) is 4.36. The summed E-state index contributed by atoms with van der Waals surface area (Å²) < 4.78 is 0. The molecule has 0 aromatic carbocycles. The Morgan fingerprint density at radius 2 is 2.20 bits per heavy atom. The van der Waals surface area contributed by atoms with Crippen LogP contribution in [0.3, 0.4) is 0 Å². The Morgan fingerprint density at radius 1 is 1.35 bits per heavy atom. The number of pyridine rings is 1. The van der Waals surface area contributed by atoms with E-state index >= 15 is 0 Å². The lowest BCUT2D eigenvalue weighted by Crippen LogP contribution is -2.39. The van der Waals surface area contributed by atoms with Crippen LogP contribution in [-0.2, 0) is 0 Å². The molecule has 0 spiro atoms. The molecular weight excluding hydrogens is 246 g/mol. The van der Waals surface area contributed by atoms with E-state index in [0.717, 1.165) is 18.9 Å². The van der Waals surface area contributed by atoms with Gasteiger partial charge in [0.1, 0.15) is 5.82 Å². The van der Waals surface area contributed by atoms with Crippen LogP contribution < -0.4 is 10.2 Å². The predicted molar refractivity (Wildman–Crippen MR) is 86.2 cm³/mol. The molecule has 1 fully saturated rings. The molecule has 112 valence electrons. The van der Waals surface area contributed by atoms with E-state index in [-0.39, 0.29) is 0 Å². The molecule has 1 N–H and O–H groups in total. The van der Waals surface area contributed by atoms with Crippen LogP contribution in [0.1, 0.15) is 64.5 Å². The van der Waals surface area contributed by atoms with Crippen LogP contribution >= 0.6 is 0 Å². The fourth-order valence-electron chi connectivity index (χ4n) is 3.03. The summed E-state index contributed by atoms with van der Waals surface area (Å²) in [5.41, 5.74) is 1.28. The van der Waals surface area contributed by atoms with Crippen LogP contribution in [0.2, 0.25) is 0 Å². The molecule has 1 aromatic heterocycles. The second-order valence-electron chi connectivity index (χ2n) is 5.88. The average molecular weight is 275 g/mol. The zero-order valence-electron chi connectivity index (χ0n) is 13.2. The van der Waals surface area contributed by atoms with Crippen molar-refractivity contribution in [2.45, 2.75) is 65.0 Å². The van der Waals surface area contributed by atoms with Gasteiger partial charge >= 0.3 is 0 Å². The molecule has 0 aliphatic carbocycles. The summed E-state index contributed by atoms with van der Waals surface area (Å²) in [6.07, 6.45) is 8.41. The second kappa shape index (κ2) is 7.63. The van der Waals surface area contributed by atoms with Crippen LogP contribution in [0, 0.1) is 0 Å². The number of aromatic nitrogens is 1. The summed E-state index contributed by atoms with van der Waals surface area (Å²) in [6.45, 7) is 8.92. The Kier molecular flexibility index (Phi) is 5.84. The molecule has 0 saturated carbocycles. The number of piperidine rings is 1. The van der Waals surface area contributed by atoms with Gasteiger partial charge in [0.15, 0.2) is 0 Å². The SMILES string of the molecule is CCCNC(C)c1ccc(N2CCCCC2CC)nc1. The number of rotatable bonds is 6. The molecule has 0 amide bonds. The number of hydrogen-bond acceptors (Lipinski definition) is 3. The third kappa shape index (κ3) is 3.72. The molecule has 3 nitrogen and oxygen atoms in total. The van der Waals surface area contributed by atoms with Gasteiger partial charge in [-0.05, 0) is 57.2 Å². The molecule has 2 heterocycles. The largest absolute Gasteiger partial charge is 0.354 e. The Labute approximate surface area is 123 Å². The summed E-state index contributed by atoms with van der Waals surface area (Å²) in [6, 6.07) is 5.50. The highest BCUT2D eigenvalue weighted by Gasteiger charge is 2.21. The number of hydrogen-bond donors (Lipinski definition) is 1. The zero-order chi connectivity index (χ0) is 14.4. The summed E-state index contributed by atoms with van der Waals surface area (Å²) in [5, 5.41) is 3.51. The van der Waals surface area contributed by atoms with Crippen LogP contribution in [0.15, 0.2) is 18.3 Å². The topological polar surface area (TPSA) is 28.2 Å². The average Bonchev–Trinajstić information content (AvgIpc) is 2.52. The monoisotopic (exact) mass is 275 g/mol. The first-order valence-corrected chi connectivity index (χ1v) is 8.22. The van der Waals surface area contributed by atoms with Crippen molar-refractivity contribution in [1.29, 1.82) is 0 Å². The molecule has 1 saturated heterocycles. The third-order valence-electron chi connectivity index (χ3n) is 4.36. The summed E-state index contributed by atoms with van der Waals surface area (Å²) >= 11 is 0. The van der Waals surface area contributed by atoms with E-state index < -0.39 is 0 Å². The maximum atomic E-state index is 4.72. The highest BCUT2D eigenvalue weighted by Crippen LogP contribution is 2.25. The fraction of sp³-hybridized carbons (Fsp3) is 0.706. The quantitative estimate of drug-likeness (QED) is 0.853. The summed E-state index contributed by atoms with van der Waals surface area (Å²) in [7, 11) is 0. The lowest BCUT2D eigenvalue weighted by atomic mass is 10.00. The van der Waals surface area contributed by atoms with Crippen molar-refractivity contribution in [3.05, 3.63) is 23.9 Å². The summed E-state index contributed by atoms with van der Waals surface area (Å²) in [5.74, 6) is 1.16. The normalized spacial score (nSPS) is 20.9. The Balaban J connectivity index is 2.03. The van der Waals surface area contributed by atoms with Gasteiger partial charge in [-0.15, -0.1) is 0 Å². The first-order chi connectivity index (χ1) is 9.76. The van der Waals surface area contributed by atoms with Crippen molar-refractivity contribution in [2.75, 3.05) is 18.0 Å². The van der Waals surface area contributed by atoms with E-state index in [4.69, 9.17) is 4.98 Å². The zero-order valence-corrected chi connectivity index (χ0v) is 13.2. The Morgan fingerprint density at radius 3 is 2.85 bits per heavy atom. The van der Waals surface area contributed by atoms with Gasteiger partial charge in [0, 0.05) is 24.8 Å². The molecule has 2 rings (SSSR count). The van der Waals surface area contributed by atoms with Crippen molar-refractivity contribution in [3.8, 4) is 0 Å². The lowest BCUT2D eigenvalue weighted by Gasteiger charge is -2.36.